The molecular formula is C22H25N5O5S. The Kier molecular flexibility index (Phi) is 6.65. The fourth-order valence-electron chi connectivity index (χ4n) is 2.92. The first-order valence-electron chi connectivity index (χ1n) is 9.87. The molecule has 33 heavy (non-hydrogen) atoms. The van der Waals surface area contributed by atoms with Crippen LogP contribution in [0.2, 0.25) is 0 Å². The Morgan fingerprint density at radius 3 is 2.36 bits per heavy atom. The van der Waals surface area contributed by atoms with Crippen molar-refractivity contribution in [2.45, 2.75) is 31.4 Å². The molecule has 0 atom stereocenters. The third-order valence-corrected chi connectivity index (χ3v) is 5.58. The summed E-state index contributed by atoms with van der Waals surface area (Å²) in [5, 5.41) is 15.7. The van der Waals surface area contributed by atoms with Crippen molar-refractivity contribution in [3.8, 4) is 17.0 Å². The summed E-state index contributed by atoms with van der Waals surface area (Å²) < 4.78 is 29.3. The molecule has 3 rings (SSSR count). The molecule has 0 saturated heterocycles. The van der Waals surface area contributed by atoms with Crippen LogP contribution in [0, 0.1) is 0 Å². The van der Waals surface area contributed by atoms with Crippen LogP contribution in [0.25, 0.3) is 11.3 Å². The average Bonchev–Trinajstić information content (AvgIpc) is 2.72. The molecule has 0 aliphatic rings. The van der Waals surface area contributed by atoms with Gasteiger partial charge in [0.2, 0.25) is 5.91 Å². The zero-order valence-electron chi connectivity index (χ0n) is 18.9. The van der Waals surface area contributed by atoms with E-state index in [0.717, 1.165) is 6.26 Å². The second kappa shape index (κ2) is 9.12. The van der Waals surface area contributed by atoms with Gasteiger partial charge in [-0.2, -0.15) is 0 Å². The summed E-state index contributed by atoms with van der Waals surface area (Å²) in [7, 11) is -2.17. The fourth-order valence-corrected chi connectivity index (χ4v) is 3.51. The Morgan fingerprint density at radius 1 is 1.09 bits per heavy atom. The van der Waals surface area contributed by atoms with Crippen molar-refractivity contribution in [3.63, 3.8) is 0 Å². The molecule has 3 N–H and O–H groups in total. The molecule has 0 fully saturated rings. The van der Waals surface area contributed by atoms with Gasteiger partial charge in [-0.05, 0) is 19.9 Å². The number of sulfone groups is 1. The Morgan fingerprint density at radius 2 is 1.82 bits per heavy atom. The van der Waals surface area contributed by atoms with E-state index < -0.39 is 15.4 Å². The second-order valence-electron chi connectivity index (χ2n) is 7.92. The van der Waals surface area contributed by atoms with Gasteiger partial charge in [0.1, 0.15) is 17.4 Å². The van der Waals surface area contributed by atoms with Crippen LogP contribution in [0.4, 0.5) is 17.3 Å². The number of rotatable bonds is 7. The molecule has 0 bridgehead atoms. The Labute approximate surface area is 192 Å². The molecule has 11 heteroatoms. The number of hydrogen-bond donors (Lipinski definition) is 3. The highest BCUT2D eigenvalue weighted by atomic mass is 32.2. The number of nitrogens with zero attached hydrogens (tertiary/aromatic N) is 3. The number of aromatic nitrogens is 3. The van der Waals surface area contributed by atoms with Gasteiger partial charge in [0, 0.05) is 54.9 Å². The number of anilines is 3. The van der Waals surface area contributed by atoms with Gasteiger partial charge in [-0.15, -0.1) is 0 Å². The first-order chi connectivity index (χ1) is 15.4. The number of methoxy groups -OCH3 is 1. The van der Waals surface area contributed by atoms with Crippen molar-refractivity contribution in [1.29, 1.82) is 0 Å². The number of hydrogen-bond acceptors (Lipinski definition) is 9. The van der Waals surface area contributed by atoms with Crippen LogP contribution >= 0.6 is 0 Å². The quantitative estimate of drug-likeness (QED) is 0.474. The van der Waals surface area contributed by atoms with E-state index in [1.54, 1.807) is 44.3 Å². The summed E-state index contributed by atoms with van der Waals surface area (Å²) in [6.45, 7) is 4.68. The summed E-state index contributed by atoms with van der Waals surface area (Å²) in [6.07, 6.45) is 4.14. The van der Waals surface area contributed by atoms with Crippen LogP contribution in [-0.4, -0.2) is 47.7 Å². The Hall–Kier alpha value is -3.57. The van der Waals surface area contributed by atoms with Gasteiger partial charge in [-0.3, -0.25) is 9.78 Å². The van der Waals surface area contributed by atoms with Crippen molar-refractivity contribution in [2.75, 3.05) is 24.0 Å². The van der Waals surface area contributed by atoms with Gasteiger partial charge in [0.25, 0.3) is 0 Å². The van der Waals surface area contributed by atoms with E-state index >= 15 is 0 Å². The maximum atomic E-state index is 12.0. The highest BCUT2D eigenvalue weighted by molar-refractivity contribution is 7.90. The molecule has 3 aromatic rings. The zero-order valence-corrected chi connectivity index (χ0v) is 19.7. The summed E-state index contributed by atoms with van der Waals surface area (Å²) >= 11 is 0. The topological polar surface area (TPSA) is 143 Å². The van der Waals surface area contributed by atoms with Crippen molar-refractivity contribution in [1.82, 2.24) is 15.0 Å². The molecule has 0 aliphatic heterocycles. The molecule has 1 amide bonds. The molecule has 0 saturated carbocycles. The molecule has 174 valence electrons. The van der Waals surface area contributed by atoms with E-state index in [0.29, 0.717) is 28.3 Å². The number of nitrogens with one attached hydrogen (secondary N) is 2. The molecule has 0 unspecified atom stereocenters. The first-order valence-corrected chi connectivity index (χ1v) is 11.8. The molecule has 0 aliphatic carbocycles. The normalized spacial score (nSPS) is 11.7. The lowest BCUT2D eigenvalue weighted by molar-refractivity contribution is -0.114. The lowest BCUT2D eigenvalue weighted by Gasteiger charge is -2.18. The van der Waals surface area contributed by atoms with Crippen LogP contribution in [0.3, 0.4) is 0 Å². The molecule has 0 aromatic carbocycles. The average molecular weight is 472 g/mol. The Bertz CT molecular complexity index is 1290. The summed E-state index contributed by atoms with van der Waals surface area (Å²) in [4.78, 5) is 24.4. The van der Waals surface area contributed by atoms with Crippen molar-refractivity contribution in [3.05, 3.63) is 48.3 Å². The van der Waals surface area contributed by atoms with Crippen LogP contribution in [-0.2, 0) is 20.2 Å². The third-order valence-electron chi connectivity index (χ3n) is 4.61. The fraction of sp³-hybridized carbons (Fsp3) is 0.273. The smallest absolute Gasteiger partial charge is 0.222 e. The van der Waals surface area contributed by atoms with E-state index in [2.05, 4.69) is 25.6 Å². The lowest BCUT2D eigenvalue weighted by Crippen LogP contribution is -2.15. The molecule has 3 aromatic heterocycles. The predicted octanol–water partition coefficient (Wildman–Crippen LogP) is 2.88. The molecule has 10 nitrogen and oxygen atoms in total. The SMILES string of the molecule is COc1cc(Nc2cc(NC(C)=O)ncc2-c2ccc(C(C)(C)O)cn2)nc(S(C)(=O)=O)c1. The van der Waals surface area contributed by atoms with E-state index in [1.807, 2.05) is 0 Å². The van der Waals surface area contributed by atoms with Crippen molar-refractivity contribution >= 4 is 33.1 Å². The van der Waals surface area contributed by atoms with E-state index in [1.165, 1.54) is 26.3 Å². The van der Waals surface area contributed by atoms with Gasteiger partial charge in [-0.25, -0.2) is 18.4 Å². The molecule has 0 spiro atoms. The summed E-state index contributed by atoms with van der Waals surface area (Å²) in [5.74, 6) is 0.503. The van der Waals surface area contributed by atoms with Gasteiger partial charge < -0.3 is 20.5 Å². The maximum Gasteiger partial charge on any atom is 0.222 e. The van der Waals surface area contributed by atoms with Crippen LogP contribution < -0.4 is 15.4 Å². The molecular weight excluding hydrogens is 446 g/mol. The van der Waals surface area contributed by atoms with E-state index in [9.17, 15) is 18.3 Å². The van der Waals surface area contributed by atoms with E-state index in [-0.39, 0.29) is 22.6 Å². The van der Waals surface area contributed by atoms with Gasteiger partial charge in [0.05, 0.1) is 24.1 Å². The minimum absolute atomic E-state index is 0.158. The molecule has 0 radical (unpaired) electrons. The standard InChI is InChI=1S/C22H25N5O5S/c1-13(28)25-19-10-18(26-20-8-15(32-4)9-21(27-20)33(5,30)31)16(12-24-19)17-7-6-14(11-23-17)22(2,3)29/h6-12,29H,1-5H3,(H2,24,25,26,27,28). The number of pyridine rings is 3. The number of carbonyl (C=O) groups excluding carboxylic acids is 1. The summed E-state index contributed by atoms with van der Waals surface area (Å²) in [6, 6.07) is 7.94. The highest BCUT2D eigenvalue weighted by Crippen LogP contribution is 2.32. The van der Waals surface area contributed by atoms with Gasteiger partial charge in [0.15, 0.2) is 14.9 Å². The minimum atomic E-state index is -3.59. The summed E-state index contributed by atoms with van der Waals surface area (Å²) in [5.41, 5.74) is 1.16. The third kappa shape index (κ3) is 6.02. The minimum Gasteiger partial charge on any atom is -0.497 e. The van der Waals surface area contributed by atoms with Crippen molar-refractivity contribution in [2.24, 2.45) is 0 Å². The van der Waals surface area contributed by atoms with Crippen LogP contribution in [0.15, 0.2) is 47.8 Å². The number of carbonyl (C=O) groups is 1. The van der Waals surface area contributed by atoms with Gasteiger partial charge >= 0.3 is 0 Å². The van der Waals surface area contributed by atoms with Crippen LogP contribution in [0.1, 0.15) is 26.3 Å². The zero-order chi connectivity index (χ0) is 24.4. The Balaban J connectivity index is 2.10. The van der Waals surface area contributed by atoms with Crippen LogP contribution in [0.5, 0.6) is 5.75 Å². The van der Waals surface area contributed by atoms with Crippen molar-refractivity contribution < 1.29 is 23.1 Å². The first kappa shape index (κ1) is 24.1. The number of amides is 1. The number of ether oxygens (including phenoxy) is 1. The largest absolute Gasteiger partial charge is 0.497 e. The monoisotopic (exact) mass is 471 g/mol. The number of aliphatic hydroxyl groups is 1. The van der Waals surface area contributed by atoms with E-state index in [4.69, 9.17) is 4.74 Å². The molecule has 3 heterocycles. The second-order valence-corrected chi connectivity index (χ2v) is 9.88. The maximum absolute atomic E-state index is 12.0. The highest BCUT2D eigenvalue weighted by Gasteiger charge is 2.18. The van der Waals surface area contributed by atoms with Gasteiger partial charge in [-0.1, -0.05) is 6.07 Å². The lowest BCUT2D eigenvalue weighted by atomic mass is 9.99. The predicted molar refractivity (Wildman–Crippen MR) is 124 cm³/mol.